The molecule has 2 heterocycles. The summed E-state index contributed by atoms with van der Waals surface area (Å²) in [7, 11) is 1.27. The van der Waals surface area contributed by atoms with Crippen molar-refractivity contribution in [2.45, 2.75) is 13.1 Å². The van der Waals surface area contributed by atoms with Crippen LogP contribution in [0.3, 0.4) is 0 Å². The molecule has 0 aliphatic rings. The summed E-state index contributed by atoms with van der Waals surface area (Å²) in [6.45, 7) is 1.48. The van der Waals surface area contributed by atoms with Crippen molar-refractivity contribution in [3.05, 3.63) is 23.5 Å². The molecule has 8 heteroatoms. The first-order chi connectivity index (χ1) is 8.40. The van der Waals surface area contributed by atoms with Crippen LogP contribution < -0.4 is 4.74 Å². The van der Waals surface area contributed by atoms with Crippen molar-refractivity contribution < 1.29 is 21.8 Å². The van der Waals surface area contributed by atoms with Gasteiger partial charge in [-0.2, -0.15) is 13.2 Å². The summed E-state index contributed by atoms with van der Waals surface area (Å²) in [5.74, 6) is -0.0451. The third kappa shape index (κ3) is 1.90. The van der Waals surface area contributed by atoms with Crippen LogP contribution in [-0.4, -0.2) is 16.1 Å². The number of aryl methyl sites for hydroxylation is 1. The quantitative estimate of drug-likeness (QED) is 0.784. The minimum absolute atomic E-state index is 0.0164. The van der Waals surface area contributed by atoms with E-state index >= 15 is 0 Å². The van der Waals surface area contributed by atoms with Gasteiger partial charge >= 0.3 is 6.18 Å². The number of rotatable bonds is 2. The summed E-state index contributed by atoms with van der Waals surface area (Å²) >= 11 is -0.203. The number of methoxy groups -OCH3 is 1. The number of fused-ring (bicyclic) bond motifs is 1. The largest absolute Gasteiger partial charge is 0.479 e. The molecule has 0 saturated carbocycles. The maximum atomic E-state index is 12.9. The molecule has 0 aliphatic heterocycles. The third-order valence-corrected chi connectivity index (χ3v) is 2.96. The Balaban J connectivity index is 2.90. The number of hydrogen-bond donors (Lipinski definition) is 0. The molecule has 0 unspecified atom stereocenters. The summed E-state index contributed by atoms with van der Waals surface area (Å²) in [5, 5.41) is -0.0977. The van der Waals surface area contributed by atoms with Crippen LogP contribution in [0.4, 0.5) is 17.1 Å². The van der Waals surface area contributed by atoms with Gasteiger partial charge in [-0.25, -0.2) is 4.98 Å². The molecule has 0 N–H and O–H groups in total. The summed E-state index contributed by atoms with van der Waals surface area (Å²) in [5.41, 5.74) is -0.607. The van der Waals surface area contributed by atoms with Gasteiger partial charge in [-0.15, -0.1) is 3.89 Å². The Bertz CT molecular complexity index is 594. The fraction of sp³-hybridized carbons (Fsp3) is 0.300. The summed E-state index contributed by atoms with van der Waals surface area (Å²) < 4.78 is 57.1. The number of nitrogens with zero attached hydrogens (tertiary/aromatic N) is 2. The summed E-state index contributed by atoms with van der Waals surface area (Å²) in [4.78, 5) is 3.57. The van der Waals surface area contributed by atoms with Crippen molar-refractivity contribution in [3.8, 4) is 5.88 Å². The third-order valence-electron chi connectivity index (χ3n) is 2.52. The Morgan fingerprint density at radius 3 is 2.56 bits per heavy atom. The Kier molecular flexibility index (Phi) is 3.14. The molecule has 0 spiro atoms. The van der Waals surface area contributed by atoms with Crippen LogP contribution in [-0.2, 0) is 6.18 Å². The molecule has 2 rings (SSSR count). The molecular weight excluding hydrogens is 272 g/mol. The highest BCUT2D eigenvalue weighted by Crippen LogP contribution is 2.40. The maximum Gasteiger partial charge on any atom is 0.418 e. The first kappa shape index (κ1) is 13.0. The Hall–Kier alpha value is -1.44. The molecule has 0 bridgehead atoms. The molecule has 0 aliphatic carbocycles. The van der Waals surface area contributed by atoms with Gasteiger partial charge in [-0.1, -0.05) is 0 Å². The normalized spacial score (nSPS) is 12.1. The molecule has 98 valence electrons. The van der Waals surface area contributed by atoms with Crippen LogP contribution in [0.5, 0.6) is 5.88 Å². The topological polar surface area (TPSA) is 27.1 Å². The second-order valence-electron chi connectivity index (χ2n) is 3.61. The average molecular weight is 280 g/mol. The molecule has 3 nitrogen and oxygen atoms in total. The lowest BCUT2D eigenvalue weighted by molar-refractivity contribution is -0.136. The summed E-state index contributed by atoms with van der Waals surface area (Å²) in [6.07, 6.45) is -2.58. The number of pyridine rings is 1. The van der Waals surface area contributed by atoms with Gasteiger partial charge in [0, 0.05) is 17.8 Å². The van der Waals surface area contributed by atoms with Crippen LogP contribution in [0.1, 0.15) is 11.1 Å². The van der Waals surface area contributed by atoms with E-state index in [0.29, 0.717) is 11.8 Å². The molecule has 0 radical (unpaired) electrons. The zero-order chi connectivity index (χ0) is 13.5. The highest BCUT2D eigenvalue weighted by Gasteiger charge is 2.35. The summed E-state index contributed by atoms with van der Waals surface area (Å²) in [6, 6.07) is 0. The molecule has 18 heavy (non-hydrogen) atoms. The number of halogens is 4. The fourth-order valence-electron chi connectivity index (χ4n) is 1.81. The predicted molar refractivity (Wildman–Crippen MR) is 60.1 cm³/mol. The smallest absolute Gasteiger partial charge is 0.418 e. The zero-order valence-electron chi connectivity index (χ0n) is 9.38. The van der Waals surface area contributed by atoms with Crippen molar-refractivity contribution in [3.63, 3.8) is 0 Å². The van der Waals surface area contributed by atoms with E-state index in [1.807, 2.05) is 0 Å². The van der Waals surface area contributed by atoms with E-state index in [4.69, 9.17) is 4.74 Å². The van der Waals surface area contributed by atoms with E-state index < -0.39 is 11.7 Å². The standard InChI is InChI=1S/C10H8F4N2OS/c1-5-4-16(18-14)8-7(5)6(10(11,12)13)3-15-9(8)17-2/h3-4H,1-2H3. The highest BCUT2D eigenvalue weighted by molar-refractivity contribution is 7.92. The lowest BCUT2D eigenvalue weighted by Crippen LogP contribution is -2.07. The minimum Gasteiger partial charge on any atom is -0.479 e. The van der Waals surface area contributed by atoms with E-state index in [-0.39, 0.29) is 29.1 Å². The van der Waals surface area contributed by atoms with Crippen molar-refractivity contribution in [1.29, 1.82) is 0 Å². The van der Waals surface area contributed by atoms with Crippen molar-refractivity contribution >= 4 is 23.2 Å². The molecule has 0 amide bonds. The van der Waals surface area contributed by atoms with Gasteiger partial charge < -0.3 is 4.74 Å². The van der Waals surface area contributed by atoms with Crippen LogP contribution >= 0.6 is 12.3 Å². The predicted octanol–water partition coefficient (Wildman–Crippen LogP) is 3.75. The van der Waals surface area contributed by atoms with Crippen molar-refractivity contribution in [2.75, 3.05) is 7.11 Å². The van der Waals surface area contributed by atoms with E-state index in [1.165, 1.54) is 20.2 Å². The SMILES string of the molecule is COc1ncc(C(F)(F)F)c2c(C)cn(SF)c12. The van der Waals surface area contributed by atoms with Gasteiger partial charge in [0.15, 0.2) is 12.3 Å². The van der Waals surface area contributed by atoms with Crippen molar-refractivity contribution in [1.82, 2.24) is 8.96 Å². The second-order valence-corrected chi connectivity index (χ2v) is 4.14. The first-order valence-electron chi connectivity index (χ1n) is 4.81. The van der Waals surface area contributed by atoms with Crippen molar-refractivity contribution in [2.24, 2.45) is 0 Å². The second kappa shape index (κ2) is 4.34. The zero-order valence-corrected chi connectivity index (χ0v) is 10.2. The Morgan fingerprint density at radius 1 is 1.39 bits per heavy atom. The van der Waals surface area contributed by atoms with Gasteiger partial charge in [0.2, 0.25) is 5.88 Å². The molecule has 2 aromatic heterocycles. The van der Waals surface area contributed by atoms with E-state index in [1.54, 1.807) is 0 Å². The van der Waals surface area contributed by atoms with Crippen LogP contribution in [0.15, 0.2) is 12.4 Å². The molecule has 2 aromatic rings. The average Bonchev–Trinajstić information content (AvgIpc) is 2.64. The van der Waals surface area contributed by atoms with E-state index in [2.05, 4.69) is 4.98 Å². The lowest BCUT2D eigenvalue weighted by atomic mass is 10.1. The molecule has 0 saturated heterocycles. The number of aromatic nitrogens is 2. The minimum atomic E-state index is -4.55. The van der Waals surface area contributed by atoms with E-state index in [9.17, 15) is 17.1 Å². The molecule has 0 aromatic carbocycles. The van der Waals surface area contributed by atoms with Gasteiger partial charge in [0.05, 0.1) is 12.7 Å². The number of hydrogen-bond acceptors (Lipinski definition) is 3. The van der Waals surface area contributed by atoms with Gasteiger partial charge in [-0.05, 0) is 12.5 Å². The van der Waals surface area contributed by atoms with Gasteiger partial charge in [0.25, 0.3) is 0 Å². The first-order valence-corrected chi connectivity index (χ1v) is 5.48. The fourth-order valence-corrected chi connectivity index (χ4v) is 2.25. The van der Waals surface area contributed by atoms with Crippen LogP contribution in [0, 0.1) is 6.92 Å². The molecule has 0 atom stereocenters. The van der Waals surface area contributed by atoms with Gasteiger partial charge in [-0.3, -0.25) is 3.97 Å². The maximum absolute atomic E-state index is 12.9. The highest BCUT2D eigenvalue weighted by atomic mass is 32.2. The monoisotopic (exact) mass is 280 g/mol. The lowest BCUT2D eigenvalue weighted by Gasteiger charge is -2.10. The van der Waals surface area contributed by atoms with Crippen LogP contribution in [0.25, 0.3) is 10.9 Å². The molecular formula is C10H8F4N2OS. The number of ether oxygens (including phenoxy) is 1. The Labute approximate surface area is 104 Å². The Morgan fingerprint density at radius 2 is 2.06 bits per heavy atom. The van der Waals surface area contributed by atoms with Crippen LogP contribution in [0.2, 0.25) is 0 Å². The van der Waals surface area contributed by atoms with E-state index in [0.717, 1.165) is 3.97 Å². The van der Waals surface area contributed by atoms with Gasteiger partial charge in [0.1, 0.15) is 5.52 Å². The molecule has 0 fully saturated rings. The number of alkyl halides is 3.